The van der Waals surface area contributed by atoms with Crippen molar-refractivity contribution in [1.82, 2.24) is 4.57 Å². The van der Waals surface area contributed by atoms with E-state index >= 15 is 0 Å². The summed E-state index contributed by atoms with van der Waals surface area (Å²) in [6.45, 7) is 11.2. The van der Waals surface area contributed by atoms with Gasteiger partial charge in [0.1, 0.15) is 5.75 Å². The quantitative estimate of drug-likeness (QED) is 0.320. The first-order valence-electron chi connectivity index (χ1n) is 12.7. The molecule has 1 aromatic heterocycles. The summed E-state index contributed by atoms with van der Waals surface area (Å²) in [6.07, 6.45) is 3.90. The average Bonchev–Trinajstić information content (AvgIpc) is 3.19. The van der Waals surface area contributed by atoms with E-state index < -0.39 is 12.0 Å². The van der Waals surface area contributed by atoms with Gasteiger partial charge >= 0.3 is 5.97 Å². The smallest absolute Gasteiger partial charge is 0.338 e. The highest BCUT2D eigenvalue weighted by Gasteiger charge is 2.34. The normalized spacial score (nSPS) is 15.1. The number of nitrogens with zero attached hydrogens (tertiary/aromatic N) is 2. The number of aromatic hydroxyl groups is 1. The second-order valence-corrected chi connectivity index (χ2v) is 10.3. The second-order valence-electron chi connectivity index (χ2n) is 9.26. The molecule has 1 aliphatic rings. The molecule has 1 atom stereocenters. The number of aromatic nitrogens is 1. The van der Waals surface area contributed by atoms with Crippen molar-refractivity contribution in [1.29, 1.82) is 0 Å². The number of esters is 1. The van der Waals surface area contributed by atoms with E-state index in [1.807, 2.05) is 26.0 Å². The van der Waals surface area contributed by atoms with E-state index in [1.54, 1.807) is 57.4 Å². The third-order valence-corrected chi connectivity index (χ3v) is 7.13. The third kappa shape index (κ3) is 5.68. The number of rotatable bonds is 9. The number of carbonyl (C=O) groups excluding carboxylic acids is 1. The van der Waals surface area contributed by atoms with Crippen LogP contribution in [-0.2, 0) is 16.0 Å². The fourth-order valence-corrected chi connectivity index (χ4v) is 5.52. The zero-order chi connectivity index (χ0) is 28.3. The van der Waals surface area contributed by atoms with Crippen molar-refractivity contribution in [3.8, 4) is 17.2 Å². The van der Waals surface area contributed by atoms with Gasteiger partial charge in [0.2, 0.25) is 0 Å². The summed E-state index contributed by atoms with van der Waals surface area (Å²) in [4.78, 5) is 32.1. The maximum absolute atomic E-state index is 13.9. The van der Waals surface area contributed by atoms with E-state index in [9.17, 15) is 14.7 Å². The van der Waals surface area contributed by atoms with Crippen LogP contribution in [0.15, 0.2) is 70.1 Å². The Hall–Kier alpha value is -4.11. The first-order chi connectivity index (χ1) is 18.7. The number of ether oxygens (including phenoxy) is 3. The van der Waals surface area contributed by atoms with Crippen molar-refractivity contribution in [3.63, 3.8) is 0 Å². The summed E-state index contributed by atoms with van der Waals surface area (Å²) >= 11 is 1.23. The molecule has 0 amide bonds. The molecular weight excluding hydrogens is 516 g/mol. The van der Waals surface area contributed by atoms with Crippen LogP contribution in [0.4, 0.5) is 0 Å². The van der Waals surface area contributed by atoms with Crippen LogP contribution in [0.5, 0.6) is 17.2 Å². The van der Waals surface area contributed by atoms with E-state index in [-0.39, 0.29) is 29.6 Å². The lowest BCUT2D eigenvalue weighted by molar-refractivity contribution is -0.139. The molecule has 0 aliphatic carbocycles. The zero-order valence-corrected chi connectivity index (χ0v) is 23.5. The number of hydrogen-bond acceptors (Lipinski definition) is 8. The molecule has 0 spiro atoms. The number of allylic oxidation sites excluding steroid dienone is 2. The highest BCUT2D eigenvalue weighted by atomic mass is 32.1. The topological polar surface area (TPSA) is 99.4 Å². The summed E-state index contributed by atoms with van der Waals surface area (Å²) in [5.41, 5.74) is 2.59. The molecule has 8 nitrogen and oxygen atoms in total. The van der Waals surface area contributed by atoms with Crippen LogP contribution in [-0.4, -0.2) is 35.5 Å². The Labute approximate surface area is 230 Å². The van der Waals surface area contributed by atoms with Crippen molar-refractivity contribution >= 4 is 23.4 Å². The first-order valence-corrected chi connectivity index (χ1v) is 13.5. The minimum absolute atomic E-state index is 0.0634. The molecule has 1 N–H and O–H groups in total. The molecule has 4 rings (SSSR count). The Morgan fingerprint density at radius 2 is 2.00 bits per heavy atom. The minimum Gasteiger partial charge on any atom is -0.508 e. The number of methoxy groups -OCH3 is 1. The Morgan fingerprint density at radius 3 is 2.67 bits per heavy atom. The summed E-state index contributed by atoms with van der Waals surface area (Å²) in [5.74, 6) is 0.680. The first kappa shape index (κ1) is 27.9. The van der Waals surface area contributed by atoms with Crippen LogP contribution in [0, 0.1) is 0 Å². The van der Waals surface area contributed by atoms with Gasteiger partial charge in [-0.3, -0.25) is 9.36 Å². The number of benzene rings is 2. The number of phenolic OH excluding ortho intramolecular Hbond substituents is 1. The molecule has 0 fully saturated rings. The Kier molecular flexibility index (Phi) is 8.40. The zero-order valence-electron chi connectivity index (χ0n) is 22.7. The van der Waals surface area contributed by atoms with Gasteiger partial charge in [0.25, 0.3) is 5.56 Å². The van der Waals surface area contributed by atoms with E-state index in [1.165, 1.54) is 15.9 Å². The lowest BCUT2D eigenvalue weighted by Gasteiger charge is -2.25. The highest BCUT2D eigenvalue weighted by Crippen LogP contribution is 2.36. The lowest BCUT2D eigenvalue weighted by Crippen LogP contribution is -2.40. The Morgan fingerprint density at radius 1 is 1.23 bits per heavy atom. The molecule has 0 saturated heterocycles. The lowest BCUT2D eigenvalue weighted by atomic mass is 9.95. The van der Waals surface area contributed by atoms with Crippen LogP contribution in [0.2, 0.25) is 0 Å². The monoisotopic (exact) mass is 548 g/mol. The molecule has 9 heteroatoms. The number of hydrogen-bond donors (Lipinski definition) is 1. The van der Waals surface area contributed by atoms with Crippen LogP contribution < -0.4 is 24.4 Å². The van der Waals surface area contributed by atoms with Gasteiger partial charge in [-0.05, 0) is 81.1 Å². The fraction of sp³-hybridized carbons (Fsp3) is 0.300. The van der Waals surface area contributed by atoms with Crippen LogP contribution >= 0.6 is 11.3 Å². The van der Waals surface area contributed by atoms with Gasteiger partial charge in [-0.2, -0.15) is 0 Å². The van der Waals surface area contributed by atoms with Crippen LogP contribution in [0.25, 0.3) is 6.08 Å². The summed E-state index contributed by atoms with van der Waals surface area (Å²) in [7, 11) is 1.55. The highest BCUT2D eigenvalue weighted by molar-refractivity contribution is 7.07. The van der Waals surface area contributed by atoms with Gasteiger partial charge in [0, 0.05) is 0 Å². The molecular formula is C30H32N2O6S. The van der Waals surface area contributed by atoms with Crippen molar-refractivity contribution < 1.29 is 24.1 Å². The summed E-state index contributed by atoms with van der Waals surface area (Å²) in [5, 5.41) is 10.1. The Balaban J connectivity index is 1.93. The minimum atomic E-state index is -0.777. The molecule has 0 radical (unpaired) electrons. The maximum atomic E-state index is 13.9. The van der Waals surface area contributed by atoms with Gasteiger partial charge < -0.3 is 19.3 Å². The molecule has 3 aromatic rings. The molecule has 39 heavy (non-hydrogen) atoms. The van der Waals surface area contributed by atoms with Crippen molar-refractivity contribution in [2.24, 2.45) is 4.99 Å². The molecule has 0 unspecified atom stereocenters. The van der Waals surface area contributed by atoms with Crippen LogP contribution in [0.3, 0.4) is 0 Å². The summed E-state index contributed by atoms with van der Waals surface area (Å²) < 4.78 is 18.8. The number of carbonyl (C=O) groups is 1. The van der Waals surface area contributed by atoms with E-state index in [0.29, 0.717) is 44.1 Å². The van der Waals surface area contributed by atoms with Crippen molar-refractivity contribution in [3.05, 3.63) is 96.7 Å². The molecule has 2 aromatic carbocycles. The number of phenols is 1. The van der Waals surface area contributed by atoms with E-state index in [4.69, 9.17) is 14.2 Å². The molecule has 1 aliphatic heterocycles. The SMILES string of the molecule is C=CCc1cc(/C=c2\sc3n(c2=O)[C@H](c2ccc(OC(C)C)c(OC)c2)C(C(=O)OCC)=C(C)N=3)ccc1O. The Bertz CT molecular complexity index is 1630. The fourth-order valence-electron chi connectivity index (χ4n) is 4.48. The van der Waals surface area contributed by atoms with Gasteiger partial charge in [-0.15, -0.1) is 6.58 Å². The average molecular weight is 549 g/mol. The maximum Gasteiger partial charge on any atom is 0.338 e. The molecule has 204 valence electrons. The predicted molar refractivity (Wildman–Crippen MR) is 151 cm³/mol. The third-order valence-electron chi connectivity index (χ3n) is 6.15. The van der Waals surface area contributed by atoms with E-state index in [2.05, 4.69) is 11.6 Å². The molecule has 0 bridgehead atoms. The second kappa shape index (κ2) is 11.7. The predicted octanol–water partition coefficient (Wildman–Crippen LogP) is 4.03. The number of fused-ring (bicyclic) bond motifs is 1. The van der Waals surface area contributed by atoms with Crippen molar-refractivity contribution in [2.75, 3.05) is 13.7 Å². The van der Waals surface area contributed by atoms with Crippen molar-refractivity contribution in [2.45, 2.75) is 46.3 Å². The van der Waals surface area contributed by atoms with Gasteiger partial charge in [0.15, 0.2) is 16.3 Å². The molecule has 0 saturated carbocycles. The standard InChI is InChI=1S/C30H32N2O6S/c1-7-9-20-14-19(10-12-22(20)33)15-25-28(34)32-27(21-11-13-23(38-17(3)4)24(16-21)36-6)26(29(35)37-8-2)18(5)31-30(32)39-25/h7,10-17,27,33H,1,8-9H2,2-6H3/b25-15-/t27-/m1/s1. The van der Waals surface area contributed by atoms with Gasteiger partial charge in [0.05, 0.1) is 41.7 Å². The molecule has 2 heterocycles. The van der Waals surface area contributed by atoms with Crippen LogP contribution in [0.1, 0.15) is 50.4 Å². The van der Waals surface area contributed by atoms with Gasteiger partial charge in [-0.1, -0.05) is 29.5 Å². The largest absolute Gasteiger partial charge is 0.508 e. The van der Waals surface area contributed by atoms with E-state index in [0.717, 1.165) is 5.56 Å². The van der Waals surface area contributed by atoms with Gasteiger partial charge in [-0.25, -0.2) is 9.79 Å². The summed E-state index contributed by atoms with van der Waals surface area (Å²) in [6, 6.07) is 9.76. The number of thiazole rings is 1.